The summed E-state index contributed by atoms with van der Waals surface area (Å²) < 4.78 is 9.52. The highest BCUT2D eigenvalue weighted by molar-refractivity contribution is 5.96. The molecule has 0 aliphatic carbocycles. The van der Waals surface area contributed by atoms with E-state index in [1.54, 1.807) is 7.11 Å². The third kappa shape index (κ3) is 2.87. The predicted octanol–water partition coefficient (Wildman–Crippen LogP) is 1.54. The van der Waals surface area contributed by atoms with Gasteiger partial charge in [0.2, 0.25) is 11.5 Å². The van der Waals surface area contributed by atoms with E-state index in [2.05, 4.69) is 20.3 Å². The van der Waals surface area contributed by atoms with E-state index in [1.165, 1.54) is 0 Å². The second-order valence-corrected chi connectivity index (χ2v) is 4.21. The Bertz CT molecular complexity index is 580. The van der Waals surface area contributed by atoms with Crippen LogP contribution in [-0.2, 0) is 0 Å². The molecule has 0 fully saturated rings. The highest BCUT2D eigenvalue weighted by atomic mass is 16.6. The van der Waals surface area contributed by atoms with Gasteiger partial charge >= 0.3 is 0 Å². The number of anilines is 1. The number of benzene rings is 1. The molecule has 1 atom stereocenters. The molecule has 2 aromatic rings. The van der Waals surface area contributed by atoms with Gasteiger partial charge in [0.05, 0.1) is 13.2 Å². The Balaban J connectivity index is 2.12. The lowest BCUT2D eigenvalue weighted by Crippen LogP contribution is -2.29. The van der Waals surface area contributed by atoms with Gasteiger partial charge in [-0.1, -0.05) is 19.1 Å². The number of ether oxygens (including phenoxy) is 1. The van der Waals surface area contributed by atoms with Crippen molar-refractivity contribution in [3.63, 3.8) is 0 Å². The first kappa shape index (κ1) is 13.9. The maximum atomic E-state index is 12.0. The number of hydrogen-bond acceptors (Lipinski definition) is 6. The van der Waals surface area contributed by atoms with Gasteiger partial charge in [0, 0.05) is 0 Å². The number of carbonyl (C=O) groups excluding carboxylic acids is 1. The average molecular weight is 276 g/mol. The Kier molecular flexibility index (Phi) is 4.19. The second-order valence-electron chi connectivity index (χ2n) is 4.21. The predicted molar refractivity (Wildman–Crippen MR) is 72.2 cm³/mol. The monoisotopic (exact) mass is 276 g/mol. The largest absolute Gasteiger partial charge is 0.497 e. The summed E-state index contributed by atoms with van der Waals surface area (Å²) in [4.78, 5) is 12.0. The van der Waals surface area contributed by atoms with Crippen molar-refractivity contribution in [2.24, 2.45) is 0 Å². The Morgan fingerprint density at radius 3 is 2.60 bits per heavy atom. The van der Waals surface area contributed by atoms with Crippen molar-refractivity contribution in [1.29, 1.82) is 0 Å². The van der Waals surface area contributed by atoms with Gasteiger partial charge in [-0.05, 0) is 34.4 Å². The summed E-state index contributed by atoms with van der Waals surface area (Å²) in [6, 6.07) is 7.34. The number of rotatable bonds is 5. The molecule has 7 heteroatoms. The van der Waals surface area contributed by atoms with Crippen molar-refractivity contribution in [2.45, 2.75) is 19.4 Å². The molecule has 1 aromatic heterocycles. The number of nitrogen functional groups attached to an aromatic ring is 1. The molecule has 7 nitrogen and oxygen atoms in total. The quantitative estimate of drug-likeness (QED) is 0.858. The molecule has 2 rings (SSSR count). The number of nitrogens with two attached hydrogens (primary N) is 1. The normalized spacial score (nSPS) is 11.9. The standard InChI is InChI=1S/C13H16N4O3/c1-3-10(8-4-6-9(19-2)7-5-8)15-13(18)11-12(14)17-20-16-11/h4-7,10H,3H2,1-2H3,(H2,14,17)(H,15,18). The van der Waals surface area contributed by atoms with E-state index in [4.69, 9.17) is 10.5 Å². The minimum absolute atomic E-state index is 0.00281. The molecular formula is C13H16N4O3. The summed E-state index contributed by atoms with van der Waals surface area (Å²) >= 11 is 0. The Morgan fingerprint density at radius 2 is 2.10 bits per heavy atom. The average Bonchev–Trinajstić information content (AvgIpc) is 2.91. The van der Waals surface area contributed by atoms with Crippen molar-refractivity contribution in [2.75, 3.05) is 12.8 Å². The number of methoxy groups -OCH3 is 1. The lowest BCUT2D eigenvalue weighted by molar-refractivity contribution is 0.0926. The summed E-state index contributed by atoms with van der Waals surface area (Å²) in [5.41, 5.74) is 6.46. The molecule has 0 spiro atoms. The van der Waals surface area contributed by atoms with E-state index >= 15 is 0 Å². The maximum Gasteiger partial charge on any atom is 0.277 e. The Labute approximate surface area is 116 Å². The highest BCUT2D eigenvalue weighted by Gasteiger charge is 2.20. The van der Waals surface area contributed by atoms with Gasteiger partial charge in [0.15, 0.2) is 0 Å². The van der Waals surface area contributed by atoms with Crippen LogP contribution < -0.4 is 15.8 Å². The third-order valence-corrected chi connectivity index (χ3v) is 2.96. The molecule has 1 aromatic carbocycles. The van der Waals surface area contributed by atoms with Crippen molar-refractivity contribution >= 4 is 11.7 Å². The van der Waals surface area contributed by atoms with Crippen LogP contribution in [0, 0.1) is 0 Å². The zero-order valence-corrected chi connectivity index (χ0v) is 11.3. The number of aromatic nitrogens is 2. The van der Waals surface area contributed by atoms with E-state index < -0.39 is 5.91 Å². The molecule has 0 aliphatic heterocycles. The number of nitrogens with one attached hydrogen (secondary N) is 1. The molecule has 3 N–H and O–H groups in total. The minimum atomic E-state index is -0.411. The molecule has 0 aliphatic rings. The van der Waals surface area contributed by atoms with E-state index in [9.17, 15) is 4.79 Å². The van der Waals surface area contributed by atoms with Crippen molar-refractivity contribution in [3.05, 3.63) is 35.5 Å². The topological polar surface area (TPSA) is 103 Å². The van der Waals surface area contributed by atoms with Crippen LogP contribution in [0.1, 0.15) is 35.4 Å². The van der Waals surface area contributed by atoms with Gasteiger partial charge < -0.3 is 15.8 Å². The molecule has 106 valence electrons. The van der Waals surface area contributed by atoms with E-state index in [0.29, 0.717) is 0 Å². The molecule has 20 heavy (non-hydrogen) atoms. The highest BCUT2D eigenvalue weighted by Crippen LogP contribution is 2.20. The number of carbonyl (C=O) groups is 1. The molecule has 0 saturated carbocycles. The molecule has 1 amide bonds. The van der Waals surface area contributed by atoms with Crippen LogP contribution >= 0.6 is 0 Å². The summed E-state index contributed by atoms with van der Waals surface area (Å²) in [5, 5.41) is 9.70. The van der Waals surface area contributed by atoms with Crippen molar-refractivity contribution < 1.29 is 14.2 Å². The molecular weight excluding hydrogens is 260 g/mol. The first-order valence-electron chi connectivity index (χ1n) is 6.18. The van der Waals surface area contributed by atoms with E-state index in [0.717, 1.165) is 17.7 Å². The molecule has 0 bridgehead atoms. The fourth-order valence-corrected chi connectivity index (χ4v) is 1.84. The van der Waals surface area contributed by atoms with Crippen LogP contribution in [0.2, 0.25) is 0 Å². The maximum absolute atomic E-state index is 12.0. The lowest BCUT2D eigenvalue weighted by atomic mass is 10.0. The Hall–Kier alpha value is -2.57. The molecule has 0 radical (unpaired) electrons. The van der Waals surface area contributed by atoms with Crippen LogP contribution in [0.3, 0.4) is 0 Å². The van der Waals surface area contributed by atoms with Gasteiger partial charge in [-0.3, -0.25) is 4.79 Å². The number of amides is 1. The Morgan fingerprint density at radius 1 is 1.40 bits per heavy atom. The number of nitrogens with zero attached hydrogens (tertiary/aromatic N) is 2. The van der Waals surface area contributed by atoms with E-state index in [1.807, 2.05) is 31.2 Å². The van der Waals surface area contributed by atoms with Crippen LogP contribution in [0.5, 0.6) is 5.75 Å². The van der Waals surface area contributed by atoms with Gasteiger partial charge in [0.25, 0.3) is 5.91 Å². The first-order chi connectivity index (χ1) is 9.65. The van der Waals surface area contributed by atoms with Crippen molar-refractivity contribution in [3.8, 4) is 5.75 Å². The lowest BCUT2D eigenvalue weighted by Gasteiger charge is -2.17. The third-order valence-electron chi connectivity index (χ3n) is 2.96. The smallest absolute Gasteiger partial charge is 0.277 e. The molecule has 1 heterocycles. The van der Waals surface area contributed by atoms with Gasteiger partial charge in [-0.15, -0.1) is 0 Å². The van der Waals surface area contributed by atoms with Crippen molar-refractivity contribution in [1.82, 2.24) is 15.6 Å². The summed E-state index contributed by atoms with van der Waals surface area (Å²) in [5.74, 6) is 0.332. The fraction of sp³-hybridized carbons (Fsp3) is 0.308. The minimum Gasteiger partial charge on any atom is -0.497 e. The fourth-order valence-electron chi connectivity index (χ4n) is 1.84. The van der Waals surface area contributed by atoms with Crippen LogP contribution in [-0.4, -0.2) is 23.3 Å². The van der Waals surface area contributed by atoms with Crippen LogP contribution in [0.4, 0.5) is 5.82 Å². The van der Waals surface area contributed by atoms with E-state index in [-0.39, 0.29) is 17.6 Å². The summed E-state index contributed by atoms with van der Waals surface area (Å²) in [6.07, 6.45) is 0.725. The summed E-state index contributed by atoms with van der Waals surface area (Å²) in [7, 11) is 1.61. The summed E-state index contributed by atoms with van der Waals surface area (Å²) in [6.45, 7) is 1.97. The number of hydrogen-bond donors (Lipinski definition) is 2. The van der Waals surface area contributed by atoms with Gasteiger partial charge in [-0.25, -0.2) is 4.63 Å². The van der Waals surface area contributed by atoms with Gasteiger partial charge in [0.1, 0.15) is 5.75 Å². The zero-order chi connectivity index (χ0) is 14.5. The molecule has 1 unspecified atom stereocenters. The zero-order valence-electron chi connectivity index (χ0n) is 11.3. The van der Waals surface area contributed by atoms with Crippen LogP contribution in [0.15, 0.2) is 28.9 Å². The SMILES string of the molecule is CCC(NC(=O)c1nonc1N)c1ccc(OC)cc1. The first-order valence-corrected chi connectivity index (χ1v) is 6.18. The molecule has 0 saturated heterocycles. The van der Waals surface area contributed by atoms with Gasteiger partial charge in [-0.2, -0.15) is 0 Å². The second kappa shape index (κ2) is 6.05. The van der Waals surface area contributed by atoms with Crippen LogP contribution in [0.25, 0.3) is 0 Å².